The van der Waals surface area contributed by atoms with Crippen LogP contribution in [-0.2, 0) is 4.79 Å². The molecule has 0 aromatic carbocycles. The monoisotopic (exact) mass is 279 g/mol. The first-order valence-electron chi connectivity index (χ1n) is 7.04. The van der Waals surface area contributed by atoms with E-state index in [0.29, 0.717) is 12.6 Å². The van der Waals surface area contributed by atoms with Gasteiger partial charge in [-0.3, -0.25) is 15.0 Å². The summed E-state index contributed by atoms with van der Waals surface area (Å²) in [6, 6.07) is 2.56. The molecule has 0 aliphatic carbocycles. The number of thiophene rings is 1. The molecule has 104 valence electrons. The van der Waals surface area contributed by atoms with Gasteiger partial charge in [0.05, 0.1) is 6.54 Å². The molecule has 0 saturated carbocycles. The van der Waals surface area contributed by atoms with Gasteiger partial charge in [0.2, 0.25) is 5.91 Å². The number of nitrogens with one attached hydrogen (secondary N) is 1. The Morgan fingerprint density at radius 2 is 2.26 bits per heavy atom. The lowest BCUT2D eigenvalue weighted by Gasteiger charge is -2.31. The molecular formula is C14H21N3OS. The van der Waals surface area contributed by atoms with Crippen LogP contribution >= 0.6 is 11.3 Å². The van der Waals surface area contributed by atoms with Crippen LogP contribution in [0.2, 0.25) is 0 Å². The Kier molecular flexibility index (Phi) is 3.86. The molecule has 2 fully saturated rings. The van der Waals surface area contributed by atoms with Crippen molar-refractivity contribution in [1.29, 1.82) is 0 Å². The van der Waals surface area contributed by atoms with Gasteiger partial charge < -0.3 is 4.90 Å². The first kappa shape index (κ1) is 13.1. The zero-order valence-corrected chi connectivity index (χ0v) is 12.2. The van der Waals surface area contributed by atoms with Gasteiger partial charge in [0.1, 0.15) is 6.17 Å². The smallest absolute Gasteiger partial charge is 0.238 e. The lowest BCUT2D eigenvalue weighted by molar-refractivity contribution is -0.128. The van der Waals surface area contributed by atoms with Crippen LogP contribution in [0.4, 0.5) is 0 Å². The molecule has 1 amide bonds. The van der Waals surface area contributed by atoms with E-state index in [9.17, 15) is 4.79 Å². The second kappa shape index (κ2) is 5.61. The van der Waals surface area contributed by atoms with Crippen molar-refractivity contribution in [1.82, 2.24) is 15.1 Å². The number of hydrogen-bond acceptors (Lipinski definition) is 4. The third-order valence-corrected chi connectivity index (χ3v) is 4.86. The summed E-state index contributed by atoms with van der Waals surface area (Å²) in [5, 5.41) is 7.52. The van der Waals surface area contributed by atoms with Crippen molar-refractivity contribution in [2.24, 2.45) is 0 Å². The van der Waals surface area contributed by atoms with E-state index >= 15 is 0 Å². The molecule has 1 aromatic heterocycles. The zero-order chi connectivity index (χ0) is 13.2. The number of carbonyl (C=O) groups is 1. The predicted octanol–water partition coefficient (Wildman–Crippen LogP) is 1.66. The van der Waals surface area contributed by atoms with Crippen LogP contribution in [0.25, 0.3) is 0 Å². The first-order chi connectivity index (χ1) is 9.25. The van der Waals surface area contributed by atoms with E-state index in [-0.39, 0.29) is 12.1 Å². The fourth-order valence-electron chi connectivity index (χ4n) is 3.06. The van der Waals surface area contributed by atoms with Gasteiger partial charge in [0.15, 0.2) is 0 Å². The summed E-state index contributed by atoms with van der Waals surface area (Å²) in [6.07, 6.45) is 2.67. The fraction of sp³-hybridized carbons (Fsp3) is 0.643. The molecular weight excluding hydrogens is 258 g/mol. The molecule has 2 aliphatic rings. The molecule has 0 spiro atoms. The lowest BCUT2D eigenvalue weighted by Crippen LogP contribution is -2.43. The number of nitrogens with zero attached hydrogens (tertiary/aromatic N) is 2. The van der Waals surface area contributed by atoms with Gasteiger partial charge in [-0.2, -0.15) is 11.3 Å². The minimum absolute atomic E-state index is 0.0730. The van der Waals surface area contributed by atoms with Gasteiger partial charge >= 0.3 is 0 Å². The first-order valence-corrected chi connectivity index (χ1v) is 7.99. The zero-order valence-electron chi connectivity index (χ0n) is 11.3. The molecule has 0 bridgehead atoms. The number of likely N-dealkylation sites (tertiary alicyclic amines) is 1. The van der Waals surface area contributed by atoms with Crippen LogP contribution in [0.15, 0.2) is 16.8 Å². The van der Waals surface area contributed by atoms with Crippen molar-refractivity contribution in [3.63, 3.8) is 0 Å². The number of amides is 1. The normalized spacial score (nSPS) is 26.3. The Balaban J connectivity index is 1.68. The van der Waals surface area contributed by atoms with E-state index in [0.717, 1.165) is 6.54 Å². The average Bonchev–Trinajstić information content (AvgIpc) is 3.10. The quantitative estimate of drug-likeness (QED) is 0.910. The SMILES string of the molecule is CC(CN1C(=O)CNC1c1ccsc1)N1CCCC1. The van der Waals surface area contributed by atoms with Gasteiger partial charge in [-0.15, -0.1) is 0 Å². The Morgan fingerprint density at radius 3 is 2.95 bits per heavy atom. The highest BCUT2D eigenvalue weighted by molar-refractivity contribution is 7.07. The average molecular weight is 279 g/mol. The Morgan fingerprint density at radius 1 is 1.47 bits per heavy atom. The summed E-state index contributed by atoms with van der Waals surface area (Å²) in [5.41, 5.74) is 1.21. The van der Waals surface area contributed by atoms with Gasteiger partial charge in [-0.1, -0.05) is 0 Å². The van der Waals surface area contributed by atoms with Crippen molar-refractivity contribution in [3.05, 3.63) is 22.4 Å². The van der Waals surface area contributed by atoms with E-state index in [1.165, 1.54) is 31.5 Å². The molecule has 3 heterocycles. The molecule has 2 atom stereocenters. The Labute approximate surface area is 118 Å². The van der Waals surface area contributed by atoms with E-state index in [2.05, 4.69) is 34.0 Å². The molecule has 1 N–H and O–H groups in total. The molecule has 0 radical (unpaired) electrons. The Hall–Kier alpha value is -0.910. The van der Waals surface area contributed by atoms with Crippen molar-refractivity contribution < 1.29 is 4.79 Å². The topological polar surface area (TPSA) is 35.6 Å². The maximum atomic E-state index is 12.1. The highest BCUT2D eigenvalue weighted by Crippen LogP contribution is 2.25. The van der Waals surface area contributed by atoms with Crippen molar-refractivity contribution in [3.8, 4) is 0 Å². The van der Waals surface area contributed by atoms with Gasteiger partial charge in [0, 0.05) is 12.6 Å². The third kappa shape index (κ3) is 2.68. The molecule has 2 unspecified atom stereocenters. The molecule has 2 saturated heterocycles. The second-order valence-corrected chi connectivity index (χ2v) is 6.26. The van der Waals surface area contributed by atoms with Crippen LogP contribution in [-0.4, -0.2) is 47.9 Å². The molecule has 1 aromatic rings. The molecule has 4 nitrogen and oxygen atoms in total. The third-order valence-electron chi connectivity index (χ3n) is 4.16. The summed E-state index contributed by atoms with van der Waals surface area (Å²) in [7, 11) is 0. The molecule has 2 aliphatic heterocycles. The summed E-state index contributed by atoms with van der Waals surface area (Å²) in [4.78, 5) is 16.6. The van der Waals surface area contributed by atoms with Gasteiger partial charge in [-0.05, 0) is 55.2 Å². The second-order valence-electron chi connectivity index (χ2n) is 5.48. The van der Waals surface area contributed by atoms with Crippen molar-refractivity contribution in [2.75, 3.05) is 26.2 Å². The number of rotatable bonds is 4. The number of hydrogen-bond donors (Lipinski definition) is 1. The van der Waals surface area contributed by atoms with E-state index in [1.54, 1.807) is 11.3 Å². The van der Waals surface area contributed by atoms with E-state index in [1.807, 2.05) is 4.90 Å². The minimum atomic E-state index is 0.0730. The minimum Gasteiger partial charge on any atom is -0.320 e. The maximum Gasteiger partial charge on any atom is 0.238 e. The van der Waals surface area contributed by atoms with Gasteiger partial charge in [0.25, 0.3) is 0 Å². The maximum absolute atomic E-state index is 12.1. The summed E-state index contributed by atoms with van der Waals surface area (Å²) in [5.74, 6) is 0.224. The van der Waals surface area contributed by atoms with Crippen molar-refractivity contribution in [2.45, 2.75) is 32.0 Å². The van der Waals surface area contributed by atoms with E-state index in [4.69, 9.17) is 0 Å². The molecule has 19 heavy (non-hydrogen) atoms. The summed E-state index contributed by atoms with van der Waals surface area (Å²) >= 11 is 1.69. The van der Waals surface area contributed by atoms with Crippen molar-refractivity contribution >= 4 is 17.2 Å². The standard InChI is InChI=1S/C14H21N3OS/c1-11(16-5-2-3-6-16)9-17-13(18)8-15-14(17)12-4-7-19-10-12/h4,7,10-11,14-15H,2-3,5-6,8-9H2,1H3. The van der Waals surface area contributed by atoms with Crippen LogP contribution in [0.1, 0.15) is 31.5 Å². The van der Waals surface area contributed by atoms with E-state index < -0.39 is 0 Å². The largest absolute Gasteiger partial charge is 0.320 e. The fourth-order valence-corrected chi connectivity index (χ4v) is 3.74. The highest BCUT2D eigenvalue weighted by Gasteiger charge is 2.33. The predicted molar refractivity (Wildman–Crippen MR) is 77.0 cm³/mol. The Bertz CT molecular complexity index is 428. The lowest BCUT2D eigenvalue weighted by atomic mass is 10.2. The van der Waals surface area contributed by atoms with Gasteiger partial charge in [-0.25, -0.2) is 0 Å². The molecule has 5 heteroatoms. The van der Waals surface area contributed by atoms with Crippen LogP contribution < -0.4 is 5.32 Å². The summed E-state index contributed by atoms with van der Waals surface area (Å²) < 4.78 is 0. The number of carbonyl (C=O) groups excluding carboxylic acids is 1. The van der Waals surface area contributed by atoms with Crippen LogP contribution in [0, 0.1) is 0 Å². The van der Waals surface area contributed by atoms with Crippen LogP contribution in [0.5, 0.6) is 0 Å². The summed E-state index contributed by atoms with van der Waals surface area (Å²) in [6.45, 7) is 5.89. The highest BCUT2D eigenvalue weighted by atomic mass is 32.1. The van der Waals surface area contributed by atoms with Crippen LogP contribution in [0.3, 0.4) is 0 Å². The molecule has 3 rings (SSSR count).